The number of rotatable bonds is 5. The molecule has 1 aliphatic heterocycles. The van der Waals surface area contributed by atoms with Crippen molar-refractivity contribution in [3.63, 3.8) is 0 Å². The molecule has 2 aromatic rings. The Morgan fingerprint density at radius 3 is 2.80 bits per heavy atom. The molecule has 1 aromatic carbocycles. The van der Waals surface area contributed by atoms with E-state index in [4.69, 9.17) is 9.72 Å². The molecule has 1 fully saturated rings. The zero-order valence-electron chi connectivity index (χ0n) is 12.5. The normalized spacial score (nSPS) is 19.2. The number of imidazole rings is 1. The van der Waals surface area contributed by atoms with Gasteiger partial charge in [-0.2, -0.15) is 0 Å². The first-order chi connectivity index (χ1) is 9.83. The highest BCUT2D eigenvalue weighted by atomic mass is 16.5. The maximum atomic E-state index is 5.80. The first-order valence-corrected chi connectivity index (χ1v) is 7.91. The monoisotopic (exact) mass is 272 g/mol. The zero-order chi connectivity index (χ0) is 13.9. The fourth-order valence-corrected chi connectivity index (χ4v) is 3.31. The van der Waals surface area contributed by atoms with Gasteiger partial charge in [0.1, 0.15) is 5.82 Å². The summed E-state index contributed by atoms with van der Waals surface area (Å²) < 4.78 is 8.26. The summed E-state index contributed by atoms with van der Waals surface area (Å²) in [5.41, 5.74) is 2.39. The number of hydrogen-bond donors (Lipinski definition) is 0. The smallest absolute Gasteiger partial charge is 0.112 e. The molecule has 1 saturated heterocycles. The molecule has 0 bridgehead atoms. The minimum absolute atomic E-state index is 0.361. The van der Waals surface area contributed by atoms with E-state index in [0.717, 1.165) is 31.4 Å². The lowest BCUT2D eigenvalue weighted by Crippen LogP contribution is -2.17. The third-order valence-electron chi connectivity index (χ3n) is 4.41. The highest BCUT2D eigenvalue weighted by molar-refractivity contribution is 5.76. The first kappa shape index (κ1) is 13.6. The van der Waals surface area contributed by atoms with E-state index in [1.54, 1.807) is 0 Å². The van der Waals surface area contributed by atoms with E-state index >= 15 is 0 Å². The summed E-state index contributed by atoms with van der Waals surface area (Å²) in [6.45, 7) is 5.44. The predicted molar refractivity (Wildman–Crippen MR) is 82.0 cm³/mol. The number of hydrogen-bond acceptors (Lipinski definition) is 2. The third-order valence-corrected chi connectivity index (χ3v) is 4.41. The van der Waals surface area contributed by atoms with Crippen molar-refractivity contribution in [3.05, 3.63) is 30.1 Å². The molecule has 1 aromatic heterocycles. The van der Waals surface area contributed by atoms with Gasteiger partial charge < -0.3 is 9.30 Å². The molecule has 0 N–H and O–H groups in total. The van der Waals surface area contributed by atoms with Gasteiger partial charge in [-0.1, -0.05) is 26.0 Å². The minimum Gasteiger partial charge on any atom is -0.378 e. The molecule has 3 heteroatoms. The van der Waals surface area contributed by atoms with E-state index in [1.807, 2.05) is 0 Å². The van der Waals surface area contributed by atoms with Crippen LogP contribution in [0.5, 0.6) is 0 Å². The van der Waals surface area contributed by atoms with Crippen molar-refractivity contribution >= 4 is 11.0 Å². The van der Waals surface area contributed by atoms with Crippen molar-refractivity contribution < 1.29 is 4.74 Å². The molecular weight excluding hydrogens is 248 g/mol. The van der Waals surface area contributed by atoms with Crippen LogP contribution < -0.4 is 0 Å². The summed E-state index contributed by atoms with van der Waals surface area (Å²) in [6.07, 6.45) is 5.97. The summed E-state index contributed by atoms with van der Waals surface area (Å²) in [4.78, 5) is 4.88. The van der Waals surface area contributed by atoms with Crippen LogP contribution in [0, 0.1) is 0 Å². The molecule has 2 heterocycles. The standard InChI is InChI=1S/C17H24N2O/c1-3-13(4-2)19-16-10-6-5-9-15(16)18-17(19)12-14-8-7-11-20-14/h5-6,9-10,13-14H,3-4,7-8,11-12H2,1-2H3. The van der Waals surface area contributed by atoms with Crippen LogP contribution in [0.25, 0.3) is 11.0 Å². The Balaban J connectivity index is 2.01. The number of aromatic nitrogens is 2. The second-order valence-electron chi connectivity index (χ2n) is 5.70. The summed E-state index contributed by atoms with van der Waals surface area (Å²) in [6, 6.07) is 9.03. The maximum Gasteiger partial charge on any atom is 0.112 e. The SMILES string of the molecule is CCC(CC)n1c(CC2CCCO2)nc2ccccc21. The second kappa shape index (κ2) is 5.96. The van der Waals surface area contributed by atoms with Crippen molar-refractivity contribution in [3.8, 4) is 0 Å². The quantitative estimate of drug-likeness (QED) is 0.818. The van der Waals surface area contributed by atoms with Gasteiger partial charge in [0.05, 0.1) is 17.1 Å². The molecule has 1 atom stereocenters. The van der Waals surface area contributed by atoms with Gasteiger partial charge in [0.25, 0.3) is 0 Å². The van der Waals surface area contributed by atoms with E-state index in [-0.39, 0.29) is 0 Å². The summed E-state index contributed by atoms with van der Waals surface area (Å²) >= 11 is 0. The Morgan fingerprint density at radius 1 is 1.30 bits per heavy atom. The van der Waals surface area contributed by atoms with E-state index < -0.39 is 0 Å². The van der Waals surface area contributed by atoms with E-state index in [1.165, 1.54) is 24.2 Å². The molecule has 1 unspecified atom stereocenters. The van der Waals surface area contributed by atoms with Crippen LogP contribution in [0.2, 0.25) is 0 Å². The fraction of sp³-hybridized carbons (Fsp3) is 0.588. The van der Waals surface area contributed by atoms with Crippen LogP contribution in [-0.4, -0.2) is 22.3 Å². The third kappa shape index (κ3) is 2.47. The van der Waals surface area contributed by atoms with Gasteiger partial charge in [0.15, 0.2) is 0 Å². The second-order valence-corrected chi connectivity index (χ2v) is 5.70. The fourth-order valence-electron chi connectivity index (χ4n) is 3.31. The van der Waals surface area contributed by atoms with Gasteiger partial charge in [-0.3, -0.25) is 0 Å². The Bertz CT molecular complexity index is 565. The van der Waals surface area contributed by atoms with Crippen LogP contribution in [0.15, 0.2) is 24.3 Å². The van der Waals surface area contributed by atoms with Crippen LogP contribution >= 0.6 is 0 Å². The summed E-state index contributed by atoms with van der Waals surface area (Å²) in [7, 11) is 0. The molecule has 0 spiro atoms. The van der Waals surface area contributed by atoms with Crippen molar-refractivity contribution in [2.45, 2.75) is 58.1 Å². The highest BCUT2D eigenvalue weighted by Crippen LogP contribution is 2.27. The number of benzene rings is 1. The number of para-hydroxylation sites is 2. The number of nitrogens with zero attached hydrogens (tertiary/aromatic N) is 2. The molecule has 20 heavy (non-hydrogen) atoms. The lowest BCUT2D eigenvalue weighted by Gasteiger charge is -2.20. The molecule has 3 rings (SSSR count). The topological polar surface area (TPSA) is 27.1 Å². The molecule has 0 aliphatic carbocycles. The van der Waals surface area contributed by atoms with Crippen LogP contribution in [-0.2, 0) is 11.2 Å². The lowest BCUT2D eigenvalue weighted by molar-refractivity contribution is 0.109. The van der Waals surface area contributed by atoms with Gasteiger partial charge in [-0.15, -0.1) is 0 Å². The molecule has 0 radical (unpaired) electrons. The number of ether oxygens (including phenoxy) is 1. The minimum atomic E-state index is 0.361. The average molecular weight is 272 g/mol. The Hall–Kier alpha value is -1.35. The van der Waals surface area contributed by atoms with Crippen LogP contribution in [0.4, 0.5) is 0 Å². The Kier molecular flexibility index (Phi) is 4.06. The van der Waals surface area contributed by atoms with Crippen molar-refractivity contribution in [2.75, 3.05) is 6.61 Å². The van der Waals surface area contributed by atoms with Gasteiger partial charge in [0, 0.05) is 19.1 Å². The van der Waals surface area contributed by atoms with Gasteiger partial charge in [-0.05, 0) is 37.8 Å². The maximum absolute atomic E-state index is 5.80. The summed E-state index contributed by atoms with van der Waals surface area (Å²) in [5, 5.41) is 0. The van der Waals surface area contributed by atoms with Crippen molar-refractivity contribution in [1.82, 2.24) is 9.55 Å². The predicted octanol–water partition coefficient (Wildman–Crippen LogP) is 4.12. The van der Waals surface area contributed by atoms with Crippen LogP contribution in [0.3, 0.4) is 0 Å². The Morgan fingerprint density at radius 2 is 2.10 bits per heavy atom. The average Bonchev–Trinajstić information content (AvgIpc) is 3.09. The molecule has 1 aliphatic rings. The van der Waals surface area contributed by atoms with E-state index in [0.29, 0.717) is 12.1 Å². The van der Waals surface area contributed by atoms with Crippen LogP contribution in [0.1, 0.15) is 51.4 Å². The van der Waals surface area contributed by atoms with Gasteiger partial charge in [0.2, 0.25) is 0 Å². The molecule has 0 saturated carbocycles. The highest BCUT2D eigenvalue weighted by Gasteiger charge is 2.22. The lowest BCUT2D eigenvalue weighted by atomic mass is 10.1. The Labute approximate surface area is 121 Å². The van der Waals surface area contributed by atoms with Gasteiger partial charge in [-0.25, -0.2) is 4.98 Å². The molecular formula is C17H24N2O. The first-order valence-electron chi connectivity index (χ1n) is 7.91. The van der Waals surface area contributed by atoms with E-state index in [9.17, 15) is 0 Å². The summed E-state index contributed by atoms with van der Waals surface area (Å²) in [5.74, 6) is 1.20. The van der Waals surface area contributed by atoms with Crippen molar-refractivity contribution in [1.29, 1.82) is 0 Å². The molecule has 0 amide bonds. The van der Waals surface area contributed by atoms with E-state index in [2.05, 4.69) is 42.7 Å². The van der Waals surface area contributed by atoms with Crippen molar-refractivity contribution in [2.24, 2.45) is 0 Å². The zero-order valence-corrected chi connectivity index (χ0v) is 12.5. The largest absolute Gasteiger partial charge is 0.378 e. The molecule has 3 nitrogen and oxygen atoms in total. The van der Waals surface area contributed by atoms with Gasteiger partial charge >= 0.3 is 0 Å². The number of fused-ring (bicyclic) bond motifs is 1. The molecule has 108 valence electrons.